The van der Waals surface area contributed by atoms with Gasteiger partial charge in [-0.2, -0.15) is 5.26 Å². The van der Waals surface area contributed by atoms with Crippen molar-refractivity contribution in [2.45, 2.75) is 29.9 Å². The number of nitriles is 1. The third-order valence-corrected chi connectivity index (χ3v) is 3.35. The van der Waals surface area contributed by atoms with E-state index in [9.17, 15) is 0 Å². The molecule has 1 atom stereocenters. The van der Waals surface area contributed by atoms with Gasteiger partial charge >= 0.3 is 0 Å². The topological polar surface area (TPSA) is 23.8 Å². The van der Waals surface area contributed by atoms with Gasteiger partial charge in [0, 0.05) is 4.90 Å². The number of aryl methyl sites for hydroxylation is 1. The summed E-state index contributed by atoms with van der Waals surface area (Å²) in [5, 5.41) is 9.11. The molecule has 15 heavy (non-hydrogen) atoms. The van der Waals surface area contributed by atoms with Crippen LogP contribution >= 0.6 is 11.8 Å². The maximum absolute atomic E-state index is 9.11. The van der Waals surface area contributed by atoms with Gasteiger partial charge in [0.2, 0.25) is 0 Å². The number of rotatable bonds is 4. The summed E-state index contributed by atoms with van der Waals surface area (Å²) in [6.45, 7) is 7.69. The Morgan fingerprint density at radius 2 is 2.07 bits per heavy atom. The fraction of sp³-hybridized carbons (Fsp3) is 0.308. The Balaban J connectivity index is 2.80. The summed E-state index contributed by atoms with van der Waals surface area (Å²) < 4.78 is -0.406. The fourth-order valence-corrected chi connectivity index (χ4v) is 2.29. The zero-order valence-electron chi connectivity index (χ0n) is 9.16. The predicted molar refractivity (Wildman–Crippen MR) is 65.9 cm³/mol. The van der Waals surface area contributed by atoms with E-state index < -0.39 is 4.75 Å². The lowest BCUT2D eigenvalue weighted by Gasteiger charge is -2.18. The first-order valence-corrected chi connectivity index (χ1v) is 5.69. The van der Waals surface area contributed by atoms with E-state index in [1.54, 1.807) is 17.8 Å². The van der Waals surface area contributed by atoms with Gasteiger partial charge in [-0.25, -0.2) is 0 Å². The normalized spacial score (nSPS) is 13.9. The molecule has 78 valence electrons. The maximum Gasteiger partial charge on any atom is 0.108 e. The van der Waals surface area contributed by atoms with Crippen molar-refractivity contribution in [1.29, 1.82) is 5.26 Å². The van der Waals surface area contributed by atoms with E-state index in [1.807, 2.05) is 6.92 Å². The first-order valence-electron chi connectivity index (χ1n) is 4.87. The summed E-state index contributed by atoms with van der Waals surface area (Å²) in [5.41, 5.74) is 1.24. The number of nitrogens with zero attached hydrogens (tertiary/aromatic N) is 1. The van der Waals surface area contributed by atoms with Crippen molar-refractivity contribution >= 4 is 11.8 Å². The Morgan fingerprint density at radius 3 is 2.53 bits per heavy atom. The number of thioether (sulfide) groups is 1. The molecule has 1 aromatic carbocycles. The molecule has 0 fully saturated rings. The van der Waals surface area contributed by atoms with Crippen LogP contribution in [0.15, 0.2) is 41.8 Å². The largest absolute Gasteiger partial charge is 0.197 e. The average Bonchev–Trinajstić information content (AvgIpc) is 2.22. The van der Waals surface area contributed by atoms with Crippen molar-refractivity contribution in [2.24, 2.45) is 0 Å². The quantitative estimate of drug-likeness (QED) is 0.563. The molecule has 0 saturated heterocycles. The van der Waals surface area contributed by atoms with Gasteiger partial charge in [0.15, 0.2) is 0 Å². The van der Waals surface area contributed by atoms with Crippen LogP contribution in [0, 0.1) is 18.3 Å². The van der Waals surface area contributed by atoms with E-state index in [-0.39, 0.29) is 0 Å². The van der Waals surface area contributed by atoms with Crippen molar-refractivity contribution in [3.05, 3.63) is 42.5 Å². The molecule has 0 saturated carbocycles. The average molecular weight is 217 g/mol. The first-order chi connectivity index (χ1) is 7.09. The molecule has 0 radical (unpaired) electrons. The summed E-state index contributed by atoms with van der Waals surface area (Å²) in [7, 11) is 0. The Kier molecular flexibility index (Phi) is 3.99. The van der Waals surface area contributed by atoms with Crippen molar-refractivity contribution in [2.75, 3.05) is 0 Å². The fourth-order valence-electron chi connectivity index (χ4n) is 1.25. The van der Waals surface area contributed by atoms with Gasteiger partial charge in [-0.1, -0.05) is 23.8 Å². The third-order valence-electron chi connectivity index (χ3n) is 2.13. The monoisotopic (exact) mass is 217 g/mol. The van der Waals surface area contributed by atoms with Crippen LogP contribution in [-0.4, -0.2) is 4.75 Å². The van der Waals surface area contributed by atoms with Crippen LogP contribution < -0.4 is 0 Å². The van der Waals surface area contributed by atoms with Gasteiger partial charge in [0.05, 0.1) is 6.07 Å². The smallest absolute Gasteiger partial charge is 0.108 e. The van der Waals surface area contributed by atoms with Crippen LogP contribution in [0.5, 0.6) is 0 Å². The van der Waals surface area contributed by atoms with Gasteiger partial charge < -0.3 is 0 Å². The molecule has 1 rings (SSSR count). The van der Waals surface area contributed by atoms with Crippen molar-refractivity contribution in [3.63, 3.8) is 0 Å². The molecule has 0 heterocycles. The Labute approximate surface area is 95.8 Å². The minimum absolute atomic E-state index is 0.406. The van der Waals surface area contributed by atoms with Gasteiger partial charge in [0.1, 0.15) is 4.75 Å². The highest BCUT2D eigenvalue weighted by atomic mass is 32.2. The highest BCUT2D eigenvalue weighted by Gasteiger charge is 2.23. The second-order valence-corrected chi connectivity index (χ2v) is 5.33. The molecule has 0 aliphatic heterocycles. The molecule has 1 nitrogen and oxygen atoms in total. The molecule has 1 aromatic rings. The minimum atomic E-state index is -0.406. The highest BCUT2D eigenvalue weighted by Crippen LogP contribution is 2.35. The lowest BCUT2D eigenvalue weighted by atomic mass is 10.1. The first kappa shape index (κ1) is 11.9. The molecule has 0 spiro atoms. The lowest BCUT2D eigenvalue weighted by molar-refractivity contribution is 0.821. The van der Waals surface area contributed by atoms with Crippen LogP contribution in [0.4, 0.5) is 0 Å². The molecule has 0 bridgehead atoms. The number of allylic oxidation sites excluding steroid dienone is 1. The van der Waals surface area contributed by atoms with Gasteiger partial charge in [0.25, 0.3) is 0 Å². The third kappa shape index (κ3) is 3.45. The zero-order valence-corrected chi connectivity index (χ0v) is 9.97. The van der Waals surface area contributed by atoms with Crippen LogP contribution in [0.3, 0.4) is 0 Å². The van der Waals surface area contributed by atoms with E-state index in [1.165, 1.54) is 5.56 Å². The van der Waals surface area contributed by atoms with Crippen LogP contribution in [0.2, 0.25) is 0 Å². The highest BCUT2D eigenvalue weighted by molar-refractivity contribution is 8.01. The van der Waals surface area contributed by atoms with Gasteiger partial charge in [-0.15, -0.1) is 18.3 Å². The Morgan fingerprint density at radius 1 is 1.47 bits per heavy atom. The molecule has 0 aromatic heterocycles. The molecule has 0 aliphatic carbocycles. The van der Waals surface area contributed by atoms with Crippen LogP contribution in [0.1, 0.15) is 18.9 Å². The summed E-state index contributed by atoms with van der Waals surface area (Å²) in [6.07, 6.45) is 2.49. The summed E-state index contributed by atoms with van der Waals surface area (Å²) in [4.78, 5) is 1.13. The molecule has 0 N–H and O–H groups in total. The van der Waals surface area contributed by atoms with E-state index >= 15 is 0 Å². The Bertz CT molecular complexity index is 375. The standard InChI is InChI=1S/C13H15NS/c1-4-9-13(3,10-14)15-12-7-5-11(2)6-8-12/h4-8H,1,9H2,2-3H3/t13-/m1/s1. The number of hydrogen-bond donors (Lipinski definition) is 0. The van der Waals surface area contributed by atoms with Gasteiger partial charge in [-0.05, 0) is 32.4 Å². The predicted octanol–water partition coefficient (Wildman–Crippen LogP) is 3.95. The van der Waals surface area contributed by atoms with E-state index in [4.69, 9.17) is 5.26 Å². The molecule has 0 aliphatic rings. The summed E-state index contributed by atoms with van der Waals surface area (Å²) >= 11 is 1.59. The lowest BCUT2D eigenvalue weighted by Crippen LogP contribution is -2.15. The number of hydrogen-bond acceptors (Lipinski definition) is 2. The zero-order chi connectivity index (χ0) is 11.3. The minimum Gasteiger partial charge on any atom is -0.197 e. The van der Waals surface area contributed by atoms with Gasteiger partial charge in [-0.3, -0.25) is 0 Å². The van der Waals surface area contributed by atoms with E-state index in [0.29, 0.717) is 6.42 Å². The number of benzene rings is 1. The molecule has 0 amide bonds. The van der Waals surface area contributed by atoms with Crippen LogP contribution in [0.25, 0.3) is 0 Å². The molecular formula is C13H15NS. The summed E-state index contributed by atoms with van der Waals surface area (Å²) in [5.74, 6) is 0. The van der Waals surface area contributed by atoms with Crippen molar-refractivity contribution < 1.29 is 0 Å². The van der Waals surface area contributed by atoms with E-state index in [2.05, 4.69) is 43.8 Å². The second kappa shape index (κ2) is 5.04. The second-order valence-electron chi connectivity index (χ2n) is 3.75. The van der Waals surface area contributed by atoms with Crippen molar-refractivity contribution in [1.82, 2.24) is 0 Å². The molecule has 0 unspecified atom stereocenters. The molecular weight excluding hydrogens is 202 g/mol. The summed E-state index contributed by atoms with van der Waals surface area (Å²) in [6, 6.07) is 10.6. The molecule has 2 heteroatoms. The Hall–Kier alpha value is -1.20. The van der Waals surface area contributed by atoms with Crippen LogP contribution in [-0.2, 0) is 0 Å². The van der Waals surface area contributed by atoms with E-state index in [0.717, 1.165) is 4.90 Å². The maximum atomic E-state index is 9.11. The SMILES string of the molecule is C=CC[C@](C)(C#N)Sc1ccc(C)cc1. The van der Waals surface area contributed by atoms with Crippen molar-refractivity contribution in [3.8, 4) is 6.07 Å².